The number of benzene rings is 1. The molecule has 20 heavy (non-hydrogen) atoms. The number of rotatable bonds is 3. The second kappa shape index (κ2) is 5.54. The molecule has 1 fully saturated rings. The van der Waals surface area contributed by atoms with Gasteiger partial charge in [-0.25, -0.2) is 9.19 Å². The highest BCUT2D eigenvalue weighted by atomic mass is 32.2. The SMILES string of the molecule is COC1CCCC(S(=O)c2nc3ccc(N)cc3o2)C1. The van der Waals surface area contributed by atoms with Crippen molar-refractivity contribution in [3.8, 4) is 0 Å². The number of hydrogen-bond acceptors (Lipinski definition) is 5. The molecule has 1 aliphatic rings. The average molecular weight is 294 g/mol. The Morgan fingerprint density at radius 2 is 2.30 bits per heavy atom. The first-order chi connectivity index (χ1) is 9.67. The molecular formula is C14H18N2O3S. The molecule has 1 aromatic heterocycles. The van der Waals surface area contributed by atoms with Gasteiger partial charge in [0.25, 0.3) is 5.22 Å². The predicted octanol–water partition coefficient (Wildman–Crippen LogP) is 2.48. The number of aromatic nitrogens is 1. The molecule has 5 nitrogen and oxygen atoms in total. The molecule has 1 saturated carbocycles. The quantitative estimate of drug-likeness (QED) is 0.880. The maximum Gasteiger partial charge on any atom is 0.288 e. The Kier molecular flexibility index (Phi) is 3.76. The van der Waals surface area contributed by atoms with E-state index in [2.05, 4.69) is 4.98 Å². The Labute approximate surface area is 120 Å². The Balaban J connectivity index is 1.84. The van der Waals surface area contributed by atoms with E-state index in [1.807, 2.05) is 0 Å². The topological polar surface area (TPSA) is 78.3 Å². The first kappa shape index (κ1) is 13.6. The molecule has 0 aliphatic heterocycles. The lowest BCUT2D eigenvalue weighted by Crippen LogP contribution is -2.28. The summed E-state index contributed by atoms with van der Waals surface area (Å²) in [6.45, 7) is 0. The van der Waals surface area contributed by atoms with Crippen molar-refractivity contribution in [1.82, 2.24) is 4.98 Å². The molecule has 0 saturated heterocycles. The normalized spacial score (nSPS) is 24.9. The van der Waals surface area contributed by atoms with Gasteiger partial charge >= 0.3 is 0 Å². The number of anilines is 1. The Morgan fingerprint density at radius 3 is 3.10 bits per heavy atom. The number of nitrogens with zero attached hydrogens (tertiary/aromatic N) is 1. The van der Waals surface area contributed by atoms with Crippen molar-refractivity contribution in [2.75, 3.05) is 12.8 Å². The molecule has 1 aliphatic carbocycles. The van der Waals surface area contributed by atoms with Crippen molar-refractivity contribution in [3.05, 3.63) is 18.2 Å². The van der Waals surface area contributed by atoms with Gasteiger partial charge in [-0.05, 0) is 37.8 Å². The zero-order chi connectivity index (χ0) is 14.1. The summed E-state index contributed by atoms with van der Waals surface area (Å²) in [6, 6.07) is 5.26. The fraction of sp³-hybridized carbons (Fsp3) is 0.500. The van der Waals surface area contributed by atoms with Crippen LogP contribution >= 0.6 is 0 Å². The highest BCUT2D eigenvalue weighted by molar-refractivity contribution is 7.85. The first-order valence-corrected chi connectivity index (χ1v) is 7.98. The van der Waals surface area contributed by atoms with Crippen LogP contribution in [0.1, 0.15) is 25.7 Å². The van der Waals surface area contributed by atoms with Crippen LogP contribution in [-0.2, 0) is 15.5 Å². The zero-order valence-corrected chi connectivity index (χ0v) is 12.2. The summed E-state index contributed by atoms with van der Waals surface area (Å²) in [7, 11) is 0.477. The second-order valence-electron chi connectivity index (χ2n) is 5.15. The van der Waals surface area contributed by atoms with Crippen LogP contribution in [0.15, 0.2) is 27.8 Å². The highest BCUT2D eigenvalue weighted by Crippen LogP contribution is 2.29. The Morgan fingerprint density at radius 1 is 1.45 bits per heavy atom. The van der Waals surface area contributed by atoms with Gasteiger partial charge in [-0.3, -0.25) is 0 Å². The second-order valence-corrected chi connectivity index (χ2v) is 6.76. The number of methoxy groups -OCH3 is 1. The molecular weight excluding hydrogens is 276 g/mol. The van der Waals surface area contributed by atoms with Crippen molar-refractivity contribution < 1.29 is 13.4 Å². The van der Waals surface area contributed by atoms with Crippen LogP contribution in [0.3, 0.4) is 0 Å². The number of nitrogen functional groups attached to an aromatic ring is 1. The Hall–Kier alpha value is -1.40. The van der Waals surface area contributed by atoms with Crippen molar-refractivity contribution in [3.63, 3.8) is 0 Å². The number of nitrogens with two attached hydrogens (primary N) is 1. The van der Waals surface area contributed by atoms with Gasteiger partial charge in [0, 0.05) is 24.1 Å². The fourth-order valence-electron chi connectivity index (χ4n) is 2.66. The molecule has 2 N–H and O–H groups in total. The van der Waals surface area contributed by atoms with Gasteiger partial charge in [0.05, 0.1) is 6.10 Å². The largest absolute Gasteiger partial charge is 0.430 e. The van der Waals surface area contributed by atoms with E-state index in [4.69, 9.17) is 14.9 Å². The minimum atomic E-state index is -1.23. The van der Waals surface area contributed by atoms with Crippen LogP contribution < -0.4 is 5.73 Å². The van der Waals surface area contributed by atoms with Gasteiger partial charge in [0.1, 0.15) is 16.3 Å². The molecule has 3 atom stereocenters. The van der Waals surface area contributed by atoms with E-state index >= 15 is 0 Å². The lowest BCUT2D eigenvalue weighted by Gasteiger charge is -2.26. The monoisotopic (exact) mass is 294 g/mol. The molecule has 1 aromatic carbocycles. The Bertz CT molecular complexity index is 640. The standard InChI is InChI=1S/C14H18N2O3S/c1-18-10-3-2-4-11(8-10)20(17)14-16-12-6-5-9(15)7-13(12)19-14/h5-7,10-11H,2-4,8,15H2,1H3. The van der Waals surface area contributed by atoms with E-state index in [0.717, 1.165) is 25.7 Å². The van der Waals surface area contributed by atoms with Crippen molar-refractivity contribution in [1.29, 1.82) is 0 Å². The summed E-state index contributed by atoms with van der Waals surface area (Å²) in [5.74, 6) is 0. The molecule has 0 bridgehead atoms. The van der Waals surface area contributed by atoms with E-state index in [0.29, 0.717) is 22.0 Å². The lowest BCUT2D eigenvalue weighted by atomic mass is 9.97. The van der Waals surface area contributed by atoms with Crippen LogP contribution in [0.4, 0.5) is 5.69 Å². The molecule has 3 rings (SSSR count). The van der Waals surface area contributed by atoms with Gasteiger partial charge in [0.2, 0.25) is 0 Å². The molecule has 0 spiro atoms. The molecule has 3 unspecified atom stereocenters. The van der Waals surface area contributed by atoms with Crippen LogP contribution in [0.25, 0.3) is 11.1 Å². The van der Waals surface area contributed by atoms with Crippen LogP contribution in [0.5, 0.6) is 0 Å². The molecule has 6 heteroatoms. The first-order valence-electron chi connectivity index (χ1n) is 6.77. The number of fused-ring (bicyclic) bond motifs is 1. The van der Waals surface area contributed by atoms with Crippen molar-refractivity contribution in [2.24, 2.45) is 0 Å². The van der Waals surface area contributed by atoms with Crippen LogP contribution in [-0.4, -0.2) is 27.7 Å². The van der Waals surface area contributed by atoms with Crippen LogP contribution in [0.2, 0.25) is 0 Å². The molecule has 2 aromatic rings. The summed E-state index contributed by atoms with van der Waals surface area (Å²) < 4.78 is 23.6. The van der Waals surface area contributed by atoms with Crippen LogP contribution in [0, 0.1) is 0 Å². The van der Waals surface area contributed by atoms with Gasteiger partial charge in [-0.2, -0.15) is 0 Å². The third kappa shape index (κ3) is 2.58. The highest BCUT2D eigenvalue weighted by Gasteiger charge is 2.29. The van der Waals surface area contributed by atoms with E-state index in [9.17, 15) is 4.21 Å². The summed E-state index contributed by atoms with van der Waals surface area (Å²) in [5.41, 5.74) is 7.61. The maximum absolute atomic E-state index is 12.6. The van der Waals surface area contributed by atoms with Crippen molar-refractivity contribution >= 4 is 27.6 Å². The van der Waals surface area contributed by atoms with E-state index in [1.54, 1.807) is 25.3 Å². The molecule has 108 valence electrons. The van der Waals surface area contributed by atoms with Gasteiger partial charge < -0.3 is 14.9 Å². The molecule has 0 amide bonds. The fourth-order valence-corrected chi connectivity index (χ4v) is 4.07. The van der Waals surface area contributed by atoms with E-state index < -0.39 is 10.8 Å². The summed E-state index contributed by atoms with van der Waals surface area (Å²) in [6.07, 6.45) is 3.98. The van der Waals surface area contributed by atoms with Gasteiger partial charge in [-0.1, -0.05) is 0 Å². The third-order valence-corrected chi connectivity index (χ3v) is 5.33. The summed E-state index contributed by atoms with van der Waals surface area (Å²) in [4.78, 5) is 4.32. The average Bonchev–Trinajstić information content (AvgIpc) is 2.89. The summed E-state index contributed by atoms with van der Waals surface area (Å²) >= 11 is 0. The smallest absolute Gasteiger partial charge is 0.288 e. The molecule has 0 radical (unpaired) electrons. The van der Waals surface area contributed by atoms with E-state index in [1.165, 1.54) is 0 Å². The lowest BCUT2D eigenvalue weighted by molar-refractivity contribution is 0.0724. The minimum absolute atomic E-state index is 0.0547. The predicted molar refractivity (Wildman–Crippen MR) is 77.9 cm³/mol. The van der Waals surface area contributed by atoms with Crippen molar-refractivity contribution in [2.45, 2.75) is 42.3 Å². The number of ether oxygens (including phenoxy) is 1. The minimum Gasteiger partial charge on any atom is -0.430 e. The van der Waals surface area contributed by atoms with Gasteiger partial charge in [-0.15, -0.1) is 0 Å². The zero-order valence-electron chi connectivity index (χ0n) is 11.4. The van der Waals surface area contributed by atoms with E-state index in [-0.39, 0.29) is 11.4 Å². The maximum atomic E-state index is 12.6. The number of oxazole rings is 1. The number of hydrogen-bond donors (Lipinski definition) is 1. The molecule has 1 heterocycles. The summed E-state index contributed by atoms with van der Waals surface area (Å²) in [5, 5.41) is 0.353. The third-order valence-electron chi connectivity index (χ3n) is 3.78. The van der Waals surface area contributed by atoms with Gasteiger partial charge in [0.15, 0.2) is 5.58 Å².